The van der Waals surface area contributed by atoms with Crippen molar-refractivity contribution in [2.24, 2.45) is 0 Å². The summed E-state index contributed by atoms with van der Waals surface area (Å²) in [5, 5.41) is 3.20. The Morgan fingerprint density at radius 2 is 1.88 bits per heavy atom. The second-order valence-corrected chi connectivity index (χ2v) is 6.20. The highest BCUT2D eigenvalue weighted by Gasteiger charge is 2.14. The van der Waals surface area contributed by atoms with E-state index in [1.807, 2.05) is 19.9 Å². The molecule has 0 bridgehead atoms. The molecule has 7 heteroatoms. The Balaban J connectivity index is 2.23. The number of methoxy groups -OCH3 is 1. The lowest BCUT2D eigenvalue weighted by molar-refractivity contribution is 0.102. The predicted octanol–water partition coefficient (Wildman–Crippen LogP) is 4.99. The van der Waals surface area contributed by atoms with Crippen molar-refractivity contribution < 1.29 is 14.3 Å². The number of amides is 1. The van der Waals surface area contributed by atoms with Gasteiger partial charge in [0.25, 0.3) is 5.91 Å². The van der Waals surface area contributed by atoms with Crippen LogP contribution in [0.2, 0.25) is 10.0 Å². The molecule has 5 nitrogen and oxygen atoms in total. The fourth-order valence-corrected chi connectivity index (χ4v) is 2.40. The van der Waals surface area contributed by atoms with Crippen LogP contribution < -0.4 is 14.8 Å². The van der Waals surface area contributed by atoms with Crippen LogP contribution >= 0.6 is 23.2 Å². The highest BCUT2D eigenvalue weighted by atomic mass is 35.5. The number of halogens is 2. The van der Waals surface area contributed by atoms with Crippen molar-refractivity contribution in [1.29, 1.82) is 0 Å². The maximum atomic E-state index is 12.5. The second-order valence-electron chi connectivity index (χ2n) is 5.39. The second kappa shape index (κ2) is 8.74. The molecule has 0 radical (unpaired) electrons. The summed E-state index contributed by atoms with van der Waals surface area (Å²) in [6, 6.07) is 4.91. The molecule has 0 spiro atoms. The van der Waals surface area contributed by atoms with E-state index in [0.29, 0.717) is 29.4 Å². The molecule has 1 amide bonds. The number of pyridine rings is 1. The Morgan fingerprint density at radius 3 is 2.48 bits per heavy atom. The van der Waals surface area contributed by atoms with E-state index in [4.69, 9.17) is 32.7 Å². The molecule has 1 heterocycles. The minimum atomic E-state index is -0.371. The molecule has 0 aliphatic heterocycles. The SMILES string of the molecule is COc1ccc(C(=O)Nc2c(Cl)cncc2Cl)cc1OCC=C(C)C. The first-order valence-electron chi connectivity index (χ1n) is 7.47. The predicted molar refractivity (Wildman–Crippen MR) is 100 cm³/mol. The number of ether oxygens (including phenoxy) is 2. The third-order valence-corrected chi connectivity index (χ3v) is 3.82. The molecule has 0 atom stereocenters. The minimum Gasteiger partial charge on any atom is -0.493 e. The third-order valence-electron chi connectivity index (χ3n) is 3.25. The van der Waals surface area contributed by atoms with Gasteiger partial charge in [0.15, 0.2) is 11.5 Å². The Morgan fingerprint density at radius 1 is 1.20 bits per heavy atom. The Bertz CT molecular complexity index is 783. The van der Waals surface area contributed by atoms with Crippen LogP contribution in [0, 0.1) is 0 Å². The summed E-state index contributed by atoms with van der Waals surface area (Å²) in [5.74, 6) is 0.642. The molecule has 0 saturated carbocycles. The molecule has 2 rings (SSSR count). The third kappa shape index (κ3) is 5.11. The topological polar surface area (TPSA) is 60.5 Å². The fourth-order valence-electron chi connectivity index (χ4n) is 1.95. The van der Waals surface area contributed by atoms with Crippen LogP contribution in [0.3, 0.4) is 0 Å². The summed E-state index contributed by atoms with van der Waals surface area (Å²) in [6.45, 7) is 4.34. The van der Waals surface area contributed by atoms with E-state index in [1.165, 1.54) is 12.4 Å². The van der Waals surface area contributed by atoms with Crippen molar-refractivity contribution in [1.82, 2.24) is 4.98 Å². The summed E-state index contributed by atoms with van der Waals surface area (Å²) in [4.78, 5) is 16.3. The number of rotatable bonds is 6. The summed E-state index contributed by atoms with van der Waals surface area (Å²) < 4.78 is 11.0. The first-order chi connectivity index (χ1) is 11.9. The van der Waals surface area contributed by atoms with Crippen molar-refractivity contribution in [3.63, 3.8) is 0 Å². The number of carbonyl (C=O) groups excluding carboxylic acids is 1. The van der Waals surface area contributed by atoms with Crippen LogP contribution in [0.25, 0.3) is 0 Å². The van der Waals surface area contributed by atoms with E-state index in [-0.39, 0.29) is 16.0 Å². The quantitative estimate of drug-likeness (QED) is 0.716. The number of carbonyl (C=O) groups is 1. The number of aromatic nitrogens is 1. The molecular formula is C18H18Cl2N2O3. The summed E-state index contributed by atoms with van der Waals surface area (Å²) in [6.07, 6.45) is 4.75. The molecule has 1 aromatic carbocycles. The lowest BCUT2D eigenvalue weighted by Gasteiger charge is -2.12. The summed E-state index contributed by atoms with van der Waals surface area (Å²) in [7, 11) is 1.54. The van der Waals surface area contributed by atoms with Gasteiger partial charge >= 0.3 is 0 Å². The van der Waals surface area contributed by atoms with Gasteiger partial charge in [0.05, 0.1) is 22.8 Å². The summed E-state index contributed by atoms with van der Waals surface area (Å²) in [5.41, 5.74) is 1.83. The van der Waals surface area contributed by atoms with Crippen LogP contribution in [0.15, 0.2) is 42.2 Å². The molecule has 0 aliphatic rings. The van der Waals surface area contributed by atoms with E-state index in [9.17, 15) is 4.79 Å². The standard InChI is InChI=1S/C18H18Cl2N2O3/c1-11(2)6-7-25-16-8-12(4-5-15(16)24-3)18(23)22-17-13(19)9-21-10-14(17)20/h4-6,8-10H,7H2,1-3H3,(H,21,22,23). The van der Waals surface area contributed by atoms with Crippen LogP contribution in [0.4, 0.5) is 5.69 Å². The van der Waals surface area contributed by atoms with Gasteiger partial charge in [0, 0.05) is 18.0 Å². The number of allylic oxidation sites excluding steroid dienone is 1. The Kier molecular flexibility index (Phi) is 6.67. The molecule has 1 N–H and O–H groups in total. The van der Waals surface area contributed by atoms with Gasteiger partial charge in [0.1, 0.15) is 6.61 Å². The zero-order valence-corrected chi connectivity index (χ0v) is 15.6. The van der Waals surface area contributed by atoms with Gasteiger partial charge in [-0.15, -0.1) is 0 Å². The number of hydrogen-bond acceptors (Lipinski definition) is 4. The lowest BCUT2D eigenvalue weighted by Crippen LogP contribution is -2.13. The molecule has 132 valence electrons. The van der Waals surface area contributed by atoms with E-state index >= 15 is 0 Å². The fraction of sp³-hybridized carbons (Fsp3) is 0.222. The minimum absolute atomic E-state index is 0.259. The molecule has 0 unspecified atom stereocenters. The average molecular weight is 381 g/mol. The Hall–Kier alpha value is -2.24. The normalized spacial score (nSPS) is 10.1. The molecule has 0 saturated heterocycles. The maximum Gasteiger partial charge on any atom is 0.255 e. The number of nitrogens with zero attached hydrogens (tertiary/aromatic N) is 1. The van der Waals surface area contributed by atoms with Crippen LogP contribution in [-0.4, -0.2) is 24.6 Å². The van der Waals surface area contributed by atoms with Crippen molar-refractivity contribution in [2.45, 2.75) is 13.8 Å². The zero-order chi connectivity index (χ0) is 18.4. The molecule has 0 fully saturated rings. The molecule has 1 aromatic heterocycles. The zero-order valence-electron chi connectivity index (χ0n) is 14.1. The first kappa shape index (κ1) is 19.1. The molecule has 2 aromatic rings. The number of nitrogens with one attached hydrogen (secondary N) is 1. The monoisotopic (exact) mass is 380 g/mol. The maximum absolute atomic E-state index is 12.5. The van der Waals surface area contributed by atoms with Crippen molar-refractivity contribution in [2.75, 3.05) is 19.0 Å². The van der Waals surface area contributed by atoms with E-state index in [2.05, 4.69) is 10.3 Å². The molecule has 0 aliphatic carbocycles. The van der Waals surface area contributed by atoms with Crippen LogP contribution in [0.1, 0.15) is 24.2 Å². The van der Waals surface area contributed by atoms with E-state index < -0.39 is 0 Å². The van der Waals surface area contributed by atoms with Crippen molar-refractivity contribution in [3.8, 4) is 11.5 Å². The number of anilines is 1. The largest absolute Gasteiger partial charge is 0.493 e. The van der Waals surface area contributed by atoms with Crippen LogP contribution in [0.5, 0.6) is 11.5 Å². The number of hydrogen-bond donors (Lipinski definition) is 1. The highest BCUT2D eigenvalue weighted by Crippen LogP contribution is 2.31. The average Bonchev–Trinajstić information content (AvgIpc) is 2.57. The molecular weight excluding hydrogens is 363 g/mol. The van der Waals surface area contributed by atoms with Crippen molar-refractivity contribution in [3.05, 3.63) is 57.9 Å². The van der Waals surface area contributed by atoms with E-state index in [1.54, 1.807) is 25.3 Å². The first-order valence-corrected chi connectivity index (χ1v) is 8.22. The van der Waals surface area contributed by atoms with Gasteiger partial charge in [-0.3, -0.25) is 9.78 Å². The number of benzene rings is 1. The van der Waals surface area contributed by atoms with Gasteiger partial charge in [-0.1, -0.05) is 28.8 Å². The highest BCUT2D eigenvalue weighted by molar-refractivity contribution is 6.39. The van der Waals surface area contributed by atoms with E-state index in [0.717, 1.165) is 5.57 Å². The van der Waals surface area contributed by atoms with Gasteiger partial charge < -0.3 is 14.8 Å². The summed E-state index contributed by atoms with van der Waals surface area (Å²) >= 11 is 12.1. The van der Waals surface area contributed by atoms with Crippen LogP contribution in [-0.2, 0) is 0 Å². The van der Waals surface area contributed by atoms with Gasteiger partial charge in [-0.25, -0.2) is 0 Å². The van der Waals surface area contributed by atoms with Gasteiger partial charge in [-0.2, -0.15) is 0 Å². The van der Waals surface area contributed by atoms with Crippen molar-refractivity contribution >= 4 is 34.8 Å². The Labute approximate surface area is 156 Å². The smallest absolute Gasteiger partial charge is 0.255 e. The lowest BCUT2D eigenvalue weighted by atomic mass is 10.2. The molecule has 25 heavy (non-hydrogen) atoms. The van der Waals surface area contributed by atoms with Gasteiger partial charge in [-0.05, 0) is 38.1 Å². The van der Waals surface area contributed by atoms with Gasteiger partial charge in [0.2, 0.25) is 0 Å².